The lowest BCUT2D eigenvalue weighted by molar-refractivity contribution is -0.151. The Kier molecular flexibility index (Phi) is 5.14. The molecule has 0 aliphatic heterocycles. The van der Waals surface area contributed by atoms with Crippen molar-refractivity contribution in [2.75, 3.05) is 20.6 Å². The van der Waals surface area contributed by atoms with E-state index in [1.54, 1.807) is 0 Å². The Balaban J connectivity index is 2.50. The van der Waals surface area contributed by atoms with Gasteiger partial charge in [-0.05, 0) is 33.9 Å². The quantitative estimate of drug-likeness (QED) is 0.746. The van der Waals surface area contributed by atoms with Crippen molar-refractivity contribution in [2.24, 2.45) is 5.41 Å². The molecule has 18 heavy (non-hydrogen) atoms. The minimum atomic E-state index is -0.824. The largest absolute Gasteiger partial charge is 0.481 e. The second-order valence-electron chi connectivity index (χ2n) is 5.70. The first-order chi connectivity index (χ1) is 8.35. The van der Waals surface area contributed by atoms with Crippen molar-refractivity contribution in [2.45, 2.75) is 45.1 Å². The molecule has 0 aromatic heterocycles. The summed E-state index contributed by atoms with van der Waals surface area (Å²) in [5.74, 6) is -0.968. The van der Waals surface area contributed by atoms with Crippen LogP contribution in [0.2, 0.25) is 0 Å². The van der Waals surface area contributed by atoms with Gasteiger partial charge < -0.3 is 15.3 Å². The van der Waals surface area contributed by atoms with Crippen LogP contribution in [-0.2, 0) is 9.59 Å². The average molecular weight is 256 g/mol. The molecule has 0 heterocycles. The second-order valence-corrected chi connectivity index (χ2v) is 5.70. The zero-order valence-corrected chi connectivity index (χ0v) is 11.5. The Labute approximate surface area is 109 Å². The highest BCUT2D eigenvalue weighted by molar-refractivity contribution is 5.85. The van der Waals surface area contributed by atoms with Gasteiger partial charge in [0, 0.05) is 19.0 Å². The molecular weight excluding hydrogens is 232 g/mol. The molecule has 1 unspecified atom stereocenters. The second kappa shape index (κ2) is 6.18. The predicted octanol–water partition coefficient (Wildman–Crippen LogP) is 1.09. The highest BCUT2D eigenvalue weighted by Gasteiger charge is 2.43. The molecule has 1 atom stereocenters. The van der Waals surface area contributed by atoms with Gasteiger partial charge in [-0.2, -0.15) is 0 Å². The van der Waals surface area contributed by atoms with Crippen molar-refractivity contribution in [3.63, 3.8) is 0 Å². The first-order valence-corrected chi connectivity index (χ1v) is 6.53. The van der Waals surface area contributed by atoms with Crippen molar-refractivity contribution in [1.29, 1.82) is 0 Å². The van der Waals surface area contributed by atoms with Gasteiger partial charge in [0.2, 0.25) is 5.91 Å². The topological polar surface area (TPSA) is 69.6 Å². The first kappa shape index (κ1) is 15.0. The number of carbonyl (C=O) groups is 2. The van der Waals surface area contributed by atoms with Gasteiger partial charge in [0.05, 0.1) is 5.41 Å². The van der Waals surface area contributed by atoms with Gasteiger partial charge in [-0.25, -0.2) is 0 Å². The zero-order chi connectivity index (χ0) is 13.8. The van der Waals surface area contributed by atoms with Crippen LogP contribution in [0.15, 0.2) is 0 Å². The number of aliphatic carboxylic acids is 1. The SMILES string of the molecule is CC(CN(C)C)NC(=O)CC1(C(=O)O)CCCC1. The third kappa shape index (κ3) is 3.98. The van der Waals surface area contributed by atoms with Crippen molar-refractivity contribution in [3.8, 4) is 0 Å². The molecular formula is C13H24N2O3. The van der Waals surface area contributed by atoms with Gasteiger partial charge in [0.1, 0.15) is 0 Å². The van der Waals surface area contributed by atoms with Crippen LogP contribution in [0.1, 0.15) is 39.0 Å². The lowest BCUT2D eigenvalue weighted by Crippen LogP contribution is -2.42. The number of amides is 1. The van der Waals surface area contributed by atoms with Gasteiger partial charge in [-0.3, -0.25) is 9.59 Å². The normalized spacial score (nSPS) is 19.8. The fourth-order valence-corrected chi connectivity index (χ4v) is 2.74. The van der Waals surface area contributed by atoms with E-state index < -0.39 is 11.4 Å². The summed E-state index contributed by atoms with van der Waals surface area (Å²) in [4.78, 5) is 25.2. The van der Waals surface area contributed by atoms with E-state index in [0.29, 0.717) is 12.8 Å². The Morgan fingerprint density at radius 2 is 1.89 bits per heavy atom. The van der Waals surface area contributed by atoms with Crippen LogP contribution in [-0.4, -0.2) is 48.6 Å². The number of likely N-dealkylation sites (N-methyl/N-ethyl adjacent to an activating group) is 1. The number of nitrogens with one attached hydrogen (secondary N) is 1. The van der Waals surface area contributed by atoms with Gasteiger partial charge >= 0.3 is 5.97 Å². The molecule has 0 aromatic carbocycles. The maximum absolute atomic E-state index is 11.9. The maximum atomic E-state index is 11.9. The summed E-state index contributed by atoms with van der Waals surface area (Å²) in [7, 11) is 3.89. The number of carboxylic acids is 1. The molecule has 1 fully saturated rings. The molecule has 1 aliphatic carbocycles. The van der Waals surface area contributed by atoms with Crippen LogP contribution in [0, 0.1) is 5.41 Å². The van der Waals surface area contributed by atoms with Crippen LogP contribution < -0.4 is 5.32 Å². The number of carboxylic acid groups (broad SMARTS) is 1. The lowest BCUT2D eigenvalue weighted by Gasteiger charge is -2.25. The Morgan fingerprint density at radius 3 is 2.33 bits per heavy atom. The van der Waals surface area contributed by atoms with Crippen LogP contribution in [0.4, 0.5) is 0 Å². The third-order valence-corrected chi connectivity index (χ3v) is 3.56. The zero-order valence-electron chi connectivity index (χ0n) is 11.5. The van der Waals surface area contributed by atoms with Gasteiger partial charge in [0.15, 0.2) is 0 Å². The fourth-order valence-electron chi connectivity index (χ4n) is 2.74. The van der Waals surface area contributed by atoms with E-state index in [0.717, 1.165) is 19.4 Å². The molecule has 0 spiro atoms. The van der Waals surface area contributed by atoms with Crippen LogP contribution >= 0.6 is 0 Å². The lowest BCUT2D eigenvalue weighted by atomic mass is 9.82. The van der Waals surface area contributed by atoms with E-state index >= 15 is 0 Å². The molecule has 5 nitrogen and oxygen atoms in total. The molecule has 104 valence electrons. The molecule has 2 N–H and O–H groups in total. The Bertz CT molecular complexity index is 309. The average Bonchev–Trinajstić information content (AvgIpc) is 2.65. The van der Waals surface area contributed by atoms with Crippen LogP contribution in [0.25, 0.3) is 0 Å². The molecule has 5 heteroatoms. The van der Waals surface area contributed by atoms with E-state index in [9.17, 15) is 14.7 Å². The standard InChI is InChI=1S/C13H24N2O3/c1-10(9-15(2)3)14-11(16)8-13(12(17)18)6-4-5-7-13/h10H,4-9H2,1-3H3,(H,14,16)(H,17,18). The highest BCUT2D eigenvalue weighted by Crippen LogP contribution is 2.41. The predicted molar refractivity (Wildman–Crippen MR) is 69.3 cm³/mol. The highest BCUT2D eigenvalue weighted by atomic mass is 16.4. The molecule has 0 radical (unpaired) electrons. The van der Waals surface area contributed by atoms with Crippen molar-refractivity contribution in [3.05, 3.63) is 0 Å². The third-order valence-electron chi connectivity index (χ3n) is 3.56. The fraction of sp³-hybridized carbons (Fsp3) is 0.846. The summed E-state index contributed by atoms with van der Waals surface area (Å²) < 4.78 is 0. The van der Waals surface area contributed by atoms with E-state index in [1.807, 2.05) is 25.9 Å². The summed E-state index contributed by atoms with van der Waals surface area (Å²) in [6, 6.07) is 0.0414. The molecule has 1 amide bonds. The molecule has 0 aromatic rings. The number of hydrogen-bond donors (Lipinski definition) is 2. The number of hydrogen-bond acceptors (Lipinski definition) is 3. The Hall–Kier alpha value is -1.10. The number of nitrogens with zero attached hydrogens (tertiary/aromatic N) is 1. The summed E-state index contributed by atoms with van der Waals surface area (Å²) in [5, 5.41) is 12.2. The molecule has 1 aliphatic rings. The van der Waals surface area contributed by atoms with Crippen LogP contribution in [0.5, 0.6) is 0 Å². The minimum absolute atomic E-state index is 0.0414. The molecule has 0 bridgehead atoms. The molecule has 0 saturated heterocycles. The number of carbonyl (C=O) groups excluding carboxylic acids is 1. The molecule has 1 saturated carbocycles. The summed E-state index contributed by atoms with van der Waals surface area (Å²) in [5.41, 5.74) is -0.818. The van der Waals surface area contributed by atoms with E-state index in [1.165, 1.54) is 0 Å². The van der Waals surface area contributed by atoms with Crippen molar-refractivity contribution < 1.29 is 14.7 Å². The summed E-state index contributed by atoms with van der Waals surface area (Å²) in [6.45, 7) is 2.69. The summed E-state index contributed by atoms with van der Waals surface area (Å²) >= 11 is 0. The Morgan fingerprint density at radius 1 is 1.33 bits per heavy atom. The molecule has 1 rings (SSSR count). The van der Waals surface area contributed by atoms with E-state index in [4.69, 9.17) is 0 Å². The monoisotopic (exact) mass is 256 g/mol. The summed E-state index contributed by atoms with van der Waals surface area (Å²) in [6.07, 6.45) is 3.18. The van der Waals surface area contributed by atoms with Gasteiger partial charge in [-0.15, -0.1) is 0 Å². The van der Waals surface area contributed by atoms with Crippen molar-refractivity contribution in [1.82, 2.24) is 10.2 Å². The van der Waals surface area contributed by atoms with Gasteiger partial charge in [0.25, 0.3) is 0 Å². The van der Waals surface area contributed by atoms with Gasteiger partial charge in [-0.1, -0.05) is 12.8 Å². The van der Waals surface area contributed by atoms with Crippen LogP contribution in [0.3, 0.4) is 0 Å². The smallest absolute Gasteiger partial charge is 0.310 e. The van der Waals surface area contributed by atoms with E-state index in [2.05, 4.69) is 5.32 Å². The first-order valence-electron chi connectivity index (χ1n) is 6.53. The maximum Gasteiger partial charge on any atom is 0.310 e. The van der Waals surface area contributed by atoms with E-state index in [-0.39, 0.29) is 18.4 Å². The number of rotatable bonds is 6. The van der Waals surface area contributed by atoms with Crippen molar-refractivity contribution >= 4 is 11.9 Å². The minimum Gasteiger partial charge on any atom is -0.481 e.